The average molecular weight is 266 g/mol. The lowest BCUT2D eigenvalue weighted by atomic mass is 10.2. The van der Waals surface area contributed by atoms with Gasteiger partial charge >= 0.3 is 6.09 Å². The Morgan fingerprint density at radius 1 is 1.38 bits per heavy atom. The van der Waals surface area contributed by atoms with Gasteiger partial charge in [-0.2, -0.15) is 0 Å². The number of ether oxygens (including phenoxy) is 1. The molecule has 0 saturated heterocycles. The van der Waals surface area contributed by atoms with Crippen LogP contribution >= 0.6 is 11.6 Å². The maximum atomic E-state index is 11.7. The highest BCUT2D eigenvalue weighted by Gasteiger charge is 2.28. The fourth-order valence-corrected chi connectivity index (χ4v) is 1.96. The lowest BCUT2D eigenvalue weighted by Crippen LogP contribution is -2.45. The smallest absolute Gasteiger partial charge is 0.410 e. The van der Waals surface area contributed by atoms with E-state index in [2.05, 4.69) is 19.6 Å². The molecule has 0 aromatic heterocycles. The van der Waals surface area contributed by atoms with E-state index >= 15 is 0 Å². The van der Waals surface area contributed by atoms with Crippen LogP contribution in [0, 0.1) is 0 Å². The van der Waals surface area contributed by atoms with Crippen LogP contribution in [-0.4, -0.2) is 43.3 Å². The Kier molecular flexibility index (Phi) is 5.33. The zero-order chi connectivity index (χ0) is 13.1. The molecule has 0 fully saturated rings. The molecule has 0 heterocycles. The highest BCUT2D eigenvalue weighted by Crippen LogP contribution is 2.16. The van der Waals surface area contributed by atoms with Gasteiger partial charge in [0.05, 0.1) is 8.07 Å². The van der Waals surface area contributed by atoms with Gasteiger partial charge in [0.25, 0.3) is 0 Å². The van der Waals surface area contributed by atoms with E-state index in [1.165, 1.54) is 0 Å². The van der Waals surface area contributed by atoms with Gasteiger partial charge in [-0.1, -0.05) is 19.6 Å². The Hall–Kier alpha value is -0.223. The van der Waals surface area contributed by atoms with Gasteiger partial charge < -0.3 is 9.64 Å². The maximum Gasteiger partial charge on any atom is 0.410 e. The molecule has 0 spiro atoms. The summed E-state index contributed by atoms with van der Waals surface area (Å²) in [5.41, 5.74) is -0.452. The quantitative estimate of drug-likeness (QED) is 0.579. The van der Waals surface area contributed by atoms with Crippen LogP contribution in [0.5, 0.6) is 0 Å². The first-order valence-corrected chi connectivity index (χ1v) is 9.53. The van der Waals surface area contributed by atoms with E-state index in [4.69, 9.17) is 16.3 Å². The van der Waals surface area contributed by atoms with Crippen molar-refractivity contribution in [3.8, 4) is 0 Å². The molecule has 0 saturated carbocycles. The standard InChI is InChI=1S/C11H24ClNO2Si/c1-11(2,3)15-10(14)13(4)8-9(12)16(5,6)7/h9H,8H2,1-7H3. The molecule has 0 aliphatic heterocycles. The van der Waals surface area contributed by atoms with E-state index in [0.717, 1.165) is 0 Å². The van der Waals surface area contributed by atoms with Gasteiger partial charge in [0, 0.05) is 18.6 Å². The molecule has 0 aromatic rings. The summed E-state index contributed by atoms with van der Waals surface area (Å²) < 4.78 is 5.26. The molecule has 0 rings (SSSR count). The van der Waals surface area contributed by atoms with E-state index in [1.54, 1.807) is 11.9 Å². The topological polar surface area (TPSA) is 29.5 Å². The van der Waals surface area contributed by atoms with Gasteiger partial charge in [0.1, 0.15) is 5.60 Å². The van der Waals surface area contributed by atoms with Crippen LogP contribution in [0.3, 0.4) is 0 Å². The van der Waals surface area contributed by atoms with Gasteiger partial charge in [-0.05, 0) is 20.8 Å². The van der Waals surface area contributed by atoms with Crippen LogP contribution in [-0.2, 0) is 4.74 Å². The first-order chi connectivity index (χ1) is 6.93. The summed E-state index contributed by atoms with van der Waals surface area (Å²) in [7, 11) is 0.314. The first kappa shape index (κ1) is 15.8. The molecule has 96 valence electrons. The van der Waals surface area contributed by atoms with Gasteiger partial charge in [0.15, 0.2) is 0 Å². The van der Waals surface area contributed by atoms with Crippen molar-refractivity contribution < 1.29 is 9.53 Å². The van der Waals surface area contributed by atoms with Crippen LogP contribution < -0.4 is 0 Å². The molecule has 3 nitrogen and oxygen atoms in total. The summed E-state index contributed by atoms with van der Waals surface area (Å²) >= 11 is 6.28. The Labute approximate surface area is 105 Å². The summed E-state index contributed by atoms with van der Waals surface area (Å²) in [4.78, 5) is 13.2. The summed E-state index contributed by atoms with van der Waals surface area (Å²) in [6, 6.07) is 0. The zero-order valence-corrected chi connectivity index (χ0v) is 13.2. The Morgan fingerprint density at radius 3 is 2.12 bits per heavy atom. The number of alkyl halides is 1. The summed E-state index contributed by atoms with van der Waals surface area (Å²) in [6.45, 7) is 12.7. The molecule has 1 amide bonds. The largest absolute Gasteiger partial charge is 0.444 e. The van der Waals surface area contributed by atoms with Crippen molar-refractivity contribution in [3.63, 3.8) is 0 Å². The third-order valence-corrected chi connectivity index (χ3v) is 6.24. The van der Waals surface area contributed by atoms with Crippen molar-refractivity contribution in [2.75, 3.05) is 13.6 Å². The fourth-order valence-electron chi connectivity index (χ4n) is 0.929. The second-order valence-corrected chi connectivity index (χ2v) is 12.5. The van der Waals surface area contributed by atoms with Gasteiger partial charge in [-0.15, -0.1) is 11.6 Å². The predicted molar refractivity (Wildman–Crippen MR) is 71.9 cm³/mol. The third-order valence-electron chi connectivity index (χ3n) is 2.08. The monoisotopic (exact) mass is 265 g/mol. The minimum absolute atomic E-state index is 0.0463. The van der Waals surface area contributed by atoms with Crippen molar-refractivity contribution in [2.24, 2.45) is 0 Å². The number of halogens is 1. The van der Waals surface area contributed by atoms with E-state index in [0.29, 0.717) is 6.54 Å². The lowest BCUT2D eigenvalue weighted by Gasteiger charge is -2.29. The summed E-state index contributed by atoms with van der Waals surface area (Å²) in [5, 5.41) is 0.0463. The molecule has 1 unspecified atom stereocenters. The van der Waals surface area contributed by atoms with E-state index < -0.39 is 13.7 Å². The summed E-state index contributed by atoms with van der Waals surface area (Å²) in [6.07, 6.45) is -0.309. The molecule has 0 radical (unpaired) electrons. The molecule has 0 bridgehead atoms. The molecule has 0 aliphatic carbocycles. The third kappa shape index (κ3) is 6.38. The highest BCUT2D eigenvalue weighted by molar-refractivity contribution is 6.84. The summed E-state index contributed by atoms with van der Waals surface area (Å²) in [5.74, 6) is 0. The number of hydrogen-bond donors (Lipinski definition) is 0. The molecule has 5 heteroatoms. The molecule has 0 aliphatic rings. The number of amides is 1. The van der Waals surface area contributed by atoms with Crippen molar-refractivity contribution in [3.05, 3.63) is 0 Å². The second-order valence-electron chi connectivity index (χ2n) is 6.19. The van der Waals surface area contributed by atoms with E-state index in [1.807, 2.05) is 20.8 Å². The minimum Gasteiger partial charge on any atom is -0.444 e. The number of rotatable bonds is 3. The van der Waals surface area contributed by atoms with Crippen LogP contribution in [0.15, 0.2) is 0 Å². The van der Waals surface area contributed by atoms with E-state index in [-0.39, 0.29) is 11.1 Å². The fraction of sp³-hybridized carbons (Fsp3) is 0.909. The lowest BCUT2D eigenvalue weighted by molar-refractivity contribution is 0.0305. The number of carbonyl (C=O) groups is 1. The van der Waals surface area contributed by atoms with Crippen LogP contribution in [0.25, 0.3) is 0 Å². The number of nitrogens with zero attached hydrogens (tertiary/aromatic N) is 1. The van der Waals surface area contributed by atoms with Crippen LogP contribution in [0.2, 0.25) is 19.6 Å². The molecule has 0 N–H and O–H groups in total. The highest BCUT2D eigenvalue weighted by atomic mass is 35.5. The molecule has 0 aromatic carbocycles. The zero-order valence-electron chi connectivity index (χ0n) is 11.4. The second kappa shape index (κ2) is 5.41. The molecule has 16 heavy (non-hydrogen) atoms. The SMILES string of the molecule is CN(CC(Cl)[Si](C)(C)C)C(=O)OC(C)(C)C. The van der Waals surface area contributed by atoms with Gasteiger partial charge in [0.2, 0.25) is 0 Å². The maximum absolute atomic E-state index is 11.7. The van der Waals surface area contributed by atoms with Crippen molar-refractivity contribution in [1.82, 2.24) is 4.90 Å². The Morgan fingerprint density at radius 2 is 1.81 bits per heavy atom. The average Bonchev–Trinajstić information content (AvgIpc) is 1.98. The molecule has 1 atom stereocenters. The van der Waals surface area contributed by atoms with Crippen molar-refractivity contribution >= 4 is 25.8 Å². The van der Waals surface area contributed by atoms with Gasteiger partial charge in [-0.3, -0.25) is 0 Å². The van der Waals surface area contributed by atoms with Gasteiger partial charge in [-0.25, -0.2) is 4.79 Å². The Bertz CT molecular complexity index is 245. The van der Waals surface area contributed by atoms with Crippen molar-refractivity contribution in [1.29, 1.82) is 0 Å². The molecular weight excluding hydrogens is 242 g/mol. The van der Waals surface area contributed by atoms with Crippen LogP contribution in [0.1, 0.15) is 20.8 Å². The van der Waals surface area contributed by atoms with Crippen LogP contribution in [0.4, 0.5) is 4.79 Å². The molecular formula is C11H24ClNO2Si. The van der Waals surface area contributed by atoms with Crippen molar-refractivity contribution in [2.45, 2.75) is 51.0 Å². The predicted octanol–water partition coefficient (Wildman–Crippen LogP) is 3.34. The number of hydrogen-bond acceptors (Lipinski definition) is 2. The van der Waals surface area contributed by atoms with E-state index in [9.17, 15) is 4.79 Å². The normalized spacial score (nSPS) is 14.5. The Balaban J connectivity index is 4.27. The minimum atomic E-state index is -1.41. The number of carbonyl (C=O) groups excluding carboxylic acids is 1. The first-order valence-electron chi connectivity index (χ1n) is 5.51.